The van der Waals surface area contributed by atoms with Gasteiger partial charge < -0.3 is 10.2 Å². The van der Waals surface area contributed by atoms with Gasteiger partial charge in [-0.3, -0.25) is 0 Å². The summed E-state index contributed by atoms with van der Waals surface area (Å²) in [7, 11) is 0. The standard InChI is InChI=1S/C15H14F4N4/c16-11-13(12(17)15(19)22-14(11)18)21-9-4-7-23(8-5-9)10-3-1-2-6-20-10/h1-3,6,9H,4-5,7-8H2,(H,21,22). The van der Waals surface area contributed by atoms with E-state index < -0.39 is 29.2 Å². The number of pyridine rings is 2. The van der Waals surface area contributed by atoms with Crippen molar-refractivity contribution in [3.8, 4) is 0 Å². The second-order valence-corrected chi connectivity index (χ2v) is 5.29. The lowest BCUT2D eigenvalue weighted by molar-refractivity contribution is 0.407. The molecule has 2 aromatic rings. The predicted octanol–water partition coefficient (Wildman–Crippen LogP) is 3.11. The van der Waals surface area contributed by atoms with Gasteiger partial charge in [0, 0.05) is 25.3 Å². The molecule has 2 aromatic heterocycles. The number of nitrogens with zero attached hydrogens (tertiary/aromatic N) is 3. The van der Waals surface area contributed by atoms with E-state index in [-0.39, 0.29) is 6.04 Å². The van der Waals surface area contributed by atoms with Crippen LogP contribution in [-0.4, -0.2) is 29.1 Å². The molecule has 0 unspecified atom stereocenters. The van der Waals surface area contributed by atoms with Crippen LogP contribution in [0.3, 0.4) is 0 Å². The van der Waals surface area contributed by atoms with Crippen molar-refractivity contribution in [2.45, 2.75) is 18.9 Å². The van der Waals surface area contributed by atoms with E-state index >= 15 is 0 Å². The number of aromatic nitrogens is 2. The summed E-state index contributed by atoms with van der Waals surface area (Å²) in [5.41, 5.74) is -0.800. The second kappa shape index (κ2) is 6.39. The number of halogens is 4. The lowest BCUT2D eigenvalue weighted by Crippen LogP contribution is -2.39. The Bertz CT molecular complexity index is 661. The highest BCUT2D eigenvalue weighted by Crippen LogP contribution is 2.26. The van der Waals surface area contributed by atoms with Crippen LogP contribution in [0.2, 0.25) is 0 Å². The molecule has 3 rings (SSSR count). The number of rotatable bonds is 3. The van der Waals surface area contributed by atoms with Gasteiger partial charge in [0.05, 0.1) is 0 Å². The minimum atomic E-state index is -1.66. The number of nitrogens with one attached hydrogen (secondary N) is 1. The molecule has 4 nitrogen and oxygen atoms in total. The van der Waals surface area contributed by atoms with E-state index in [1.54, 1.807) is 6.20 Å². The molecule has 0 amide bonds. The molecule has 1 saturated heterocycles. The maximum absolute atomic E-state index is 13.6. The van der Waals surface area contributed by atoms with Crippen molar-refractivity contribution in [3.05, 3.63) is 47.9 Å². The average Bonchev–Trinajstić information content (AvgIpc) is 2.58. The summed E-state index contributed by atoms with van der Waals surface area (Å²) < 4.78 is 53.4. The summed E-state index contributed by atoms with van der Waals surface area (Å²) in [5, 5.41) is 2.55. The average molecular weight is 326 g/mol. The number of anilines is 2. The van der Waals surface area contributed by atoms with E-state index in [0.717, 1.165) is 5.82 Å². The summed E-state index contributed by atoms with van der Waals surface area (Å²) in [6.45, 7) is 1.24. The third-order valence-corrected chi connectivity index (χ3v) is 3.81. The van der Waals surface area contributed by atoms with Gasteiger partial charge in [0.1, 0.15) is 11.5 Å². The Morgan fingerprint density at radius 1 is 1.00 bits per heavy atom. The summed E-state index contributed by atoms with van der Waals surface area (Å²) in [6, 6.07) is 5.27. The highest BCUT2D eigenvalue weighted by Gasteiger charge is 2.25. The van der Waals surface area contributed by atoms with Crippen LogP contribution in [0.1, 0.15) is 12.8 Å². The highest BCUT2D eigenvalue weighted by atomic mass is 19.2. The number of hydrogen-bond acceptors (Lipinski definition) is 4. The first kappa shape index (κ1) is 15.5. The molecule has 122 valence electrons. The Balaban J connectivity index is 1.68. The minimum Gasteiger partial charge on any atom is -0.377 e. The molecule has 0 spiro atoms. The van der Waals surface area contributed by atoms with Gasteiger partial charge in [-0.1, -0.05) is 6.07 Å². The number of hydrogen-bond donors (Lipinski definition) is 1. The van der Waals surface area contributed by atoms with Crippen LogP contribution in [0.25, 0.3) is 0 Å². The van der Waals surface area contributed by atoms with Crippen molar-refractivity contribution in [2.24, 2.45) is 0 Å². The SMILES string of the molecule is Fc1nc(F)c(F)c(NC2CCN(c3ccccn3)CC2)c1F. The van der Waals surface area contributed by atoms with Crippen LogP contribution in [0.15, 0.2) is 24.4 Å². The van der Waals surface area contributed by atoms with E-state index in [2.05, 4.69) is 15.3 Å². The molecular formula is C15H14F4N4. The molecule has 0 saturated carbocycles. The van der Waals surface area contributed by atoms with Crippen molar-refractivity contribution < 1.29 is 17.6 Å². The van der Waals surface area contributed by atoms with Gasteiger partial charge in [-0.2, -0.15) is 22.5 Å². The third-order valence-electron chi connectivity index (χ3n) is 3.81. The molecule has 1 N–H and O–H groups in total. The third kappa shape index (κ3) is 3.20. The van der Waals surface area contributed by atoms with E-state index in [1.165, 1.54) is 0 Å². The summed E-state index contributed by atoms with van der Waals surface area (Å²) in [4.78, 5) is 8.82. The topological polar surface area (TPSA) is 41.1 Å². The van der Waals surface area contributed by atoms with Crippen molar-refractivity contribution in [1.29, 1.82) is 0 Å². The van der Waals surface area contributed by atoms with Crippen molar-refractivity contribution >= 4 is 11.5 Å². The van der Waals surface area contributed by atoms with Gasteiger partial charge in [-0.05, 0) is 25.0 Å². The molecule has 1 fully saturated rings. The number of piperidine rings is 1. The first-order valence-corrected chi connectivity index (χ1v) is 7.18. The van der Waals surface area contributed by atoms with E-state index in [0.29, 0.717) is 25.9 Å². The van der Waals surface area contributed by atoms with Crippen LogP contribution in [-0.2, 0) is 0 Å². The first-order valence-electron chi connectivity index (χ1n) is 7.18. The van der Waals surface area contributed by atoms with Crippen LogP contribution in [0.4, 0.5) is 29.1 Å². The van der Waals surface area contributed by atoms with Crippen molar-refractivity contribution in [2.75, 3.05) is 23.3 Å². The largest absolute Gasteiger partial charge is 0.377 e. The Morgan fingerprint density at radius 2 is 1.65 bits per heavy atom. The predicted molar refractivity (Wildman–Crippen MR) is 77.2 cm³/mol. The van der Waals surface area contributed by atoms with Gasteiger partial charge in [0.25, 0.3) is 11.9 Å². The van der Waals surface area contributed by atoms with E-state index in [1.807, 2.05) is 23.1 Å². The van der Waals surface area contributed by atoms with Crippen LogP contribution < -0.4 is 10.2 Å². The Labute approximate surface area is 130 Å². The first-order chi connectivity index (χ1) is 11.1. The molecule has 1 aliphatic heterocycles. The highest BCUT2D eigenvalue weighted by molar-refractivity contribution is 5.47. The molecule has 8 heteroatoms. The summed E-state index contributed by atoms with van der Waals surface area (Å²) in [5.74, 6) is -5.49. The Hall–Kier alpha value is -2.38. The maximum atomic E-state index is 13.6. The molecule has 3 heterocycles. The lowest BCUT2D eigenvalue weighted by Gasteiger charge is -2.33. The molecule has 0 aromatic carbocycles. The van der Waals surface area contributed by atoms with Gasteiger partial charge >= 0.3 is 0 Å². The van der Waals surface area contributed by atoms with E-state index in [9.17, 15) is 17.6 Å². The fourth-order valence-electron chi connectivity index (χ4n) is 2.61. The zero-order valence-corrected chi connectivity index (χ0v) is 12.1. The smallest absolute Gasteiger partial charge is 0.253 e. The fraction of sp³-hybridized carbons (Fsp3) is 0.333. The second-order valence-electron chi connectivity index (χ2n) is 5.29. The summed E-state index contributed by atoms with van der Waals surface area (Å²) in [6.07, 6.45) is 2.80. The molecule has 23 heavy (non-hydrogen) atoms. The molecule has 0 aliphatic carbocycles. The van der Waals surface area contributed by atoms with Crippen LogP contribution >= 0.6 is 0 Å². The van der Waals surface area contributed by atoms with Gasteiger partial charge in [-0.15, -0.1) is 0 Å². The van der Waals surface area contributed by atoms with Gasteiger partial charge in [0.15, 0.2) is 0 Å². The van der Waals surface area contributed by atoms with Crippen LogP contribution in [0, 0.1) is 23.5 Å². The van der Waals surface area contributed by atoms with Gasteiger partial charge in [-0.25, -0.2) is 4.98 Å². The van der Waals surface area contributed by atoms with Gasteiger partial charge in [0.2, 0.25) is 11.6 Å². The molecule has 0 atom stereocenters. The molecular weight excluding hydrogens is 312 g/mol. The zero-order chi connectivity index (χ0) is 16.4. The Kier molecular flexibility index (Phi) is 4.31. The Morgan fingerprint density at radius 3 is 2.22 bits per heavy atom. The zero-order valence-electron chi connectivity index (χ0n) is 12.1. The van der Waals surface area contributed by atoms with Crippen molar-refractivity contribution in [3.63, 3.8) is 0 Å². The summed E-state index contributed by atoms with van der Waals surface area (Å²) >= 11 is 0. The molecule has 1 aliphatic rings. The van der Waals surface area contributed by atoms with Crippen molar-refractivity contribution in [1.82, 2.24) is 9.97 Å². The fourth-order valence-corrected chi connectivity index (χ4v) is 2.61. The quantitative estimate of drug-likeness (QED) is 0.695. The van der Waals surface area contributed by atoms with Crippen LogP contribution in [0.5, 0.6) is 0 Å². The monoisotopic (exact) mass is 326 g/mol. The maximum Gasteiger partial charge on any atom is 0.253 e. The lowest BCUT2D eigenvalue weighted by atomic mass is 10.0. The van der Waals surface area contributed by atoms with E-state index in [4.69, 9.17) is 0 Å². The minimum absolute atomic E-state index is 0.292. The molecule has 0 bridgehead atoms. The normalized spacial score (nSPS) is 15.7. The molecule has 0 radical (unpaired) electrons.